The Morgan fingerprint density at radius 1 is 1.16 bits per heavy atom. The molecule has 1 aromatic carbocycles. The second-order valence-electron chi connectivity index (χ2n) is 13.2. The Morgan fingerprint density at radius 2 is 1.91 bits per heavy atom. The van der Waals surface area contributed by atoms with Crippen LogP contribution in [0.3, 0.4) is 0 Å². The quantitative estimate of drug-likeness (QED) is 0.286. The fourth-order valence-corrected chi connectivity index (χ4v) is 7.90. The predicted molar refractivity (Wildman–Crippen MR) is 152 cm³/mol. The van der Waals surface area contributed by atoms with E-state index in [-0.39, 0.29) is 43.8 Å². The molecular formula is C32H43NO10. The maximum absolute atomic E-state index is 14.1. The Labute approximate surface area is 252 Å². The van der Waals surface area contributed by atoms with E-state index >= 15 is 0 Å². The molecule has 1 aliphatic carbocycles. The van der Waals surface area contributed by atoms with Crippen LogP contribution in [-0.4, -0.2) is 89.3 Å². The van der Waals surface area contributed by atoms with E-state index in [0.29, 0.717) is 30.9 Å². The maximum Gasteiger partial charge on any atom is 0.339 e. The lowest BCUT2D eigenvalue weighted by atomic mass is 9.78. The number of carbonyl (C=O) groups is 2. The van der Waals surface area contributed by atoms with E-state index < -0.39 is 41.5 Å². The molecule has 5 heterocycles. The fraction of sp³-hybridized carbons (Fsp3) is 0.688. The standard InChI is InChI=1S/C32H43NO10/c1-5-6-13-39-25(34)16-31(37,11-7-9-29(2,3)36)28(35)42-27-26-21-15-23-22(40-19-41-23)14-20(21)24-17-33-12-8-10-30(26,33)18-32(27,38-4)43-24/h5-6,14-15,24,26-27,36-37H,7-13,16-19H2,1-4H3/t24-,26+,27?,30?,31+,32+/m0/s1. The maximum atomic E-state index is 14.1. The molecule has 2 unspecified atom stereocenters. The molecule has 5 aliphatic heterocycles. The first-order chi connectivity index (χ1) is 20.4. The van der Waals surface area contributed by atoms with E-state index in [2.05, 4.69) is 4.90 Å². The third-order valence-corrected chi connectivity index (χ3v) is 9.87. The highest BCUT2D eigenvalue weighted by atomic mass is 16.7. The molecule has 11 nitrogen and oxygen atoms in total. The Kier molecular flexibility index (Phi) is 7.78. The first-order valence-corrected chi connectivity index (χ1v) is 15.3. The van der Waals surface area contributed by atoms with Gasteiger partial charge in [-0.05, 0) is 82.7 Å². The van der Waals surface area contributed by atoms with Crippen molar-refractivity contribution in [3.63, 3.8) is 0 Å². The zero-order valence-electron chi connectivity index (χ0n) is 25.4. The average Bonchev–Trinajstić information content (AvgIpc) is 3.57. The zero-order valence-corrected chi connectivity index (χ0v) is 25.4. The minimum Gasteiger partial charge on any atom is -0.461 e. The van der Waals surface area contributed by atoms with Gasteiger partial charge in [0.2, 0.25) is 12.6 Å². The molecule has 0 aromatic heterocycles. The highest BCUT2D eigenvalue weighted by molar-refractivity contribution is 5.86. The summed E-state index contributed by atoms with van der Waals surface area (Å²) in [5.41, 5.74) is -1.66. The summed E-state index contributed by atoms with van der Waals surface area (Å²) in [4.78, 5) is 29.3. The van der Waals surface area contributed by atoms with E-state index in [4.69, 9.17) is 28.4 Å². The molecule has 1 saturated carbocycles. The Bertz CT molecular complexity index is 1290. The van der Waals surface area contributed by atoms with E-state index in [1.165, 1.54) is 0 Å². The lowest BCUT2D eigenvalue weighted by Gasteiger charge is -2.40. The van der Waals surface area contributed by atoms with Crippen molar-refractivity contribution in [2.45, 2.75) is 106 Å². The molecule has 6 aliphatic rings. The Hall–Kier alpha value is -2.70. The number of methoxy groups -OCH3 is 1. The summed E-state index contributed by atoms with van der Waals surface area (Å²) >= 11 is 0. The van der Waals surface area contributed by atoms with E-state index in [1.807, 2.05) is 12.1 Å². The zero-order chi connectivity index (χ0) is 30.6. The number of fused-ring (bicyclic) bond motifs is 1. The van der Waals surface area contributed by atoms with Gasteiger partial charge in [-0.1, -0.05) is 12.2 Å². The van der Waals surface area contributed by atoms with Crippen LogP contribution < -0.4 is 9.47 Å². The largest absolute Gasteiger partial charge is 0.461 e. The van der Waals surface area contributed by atoms with Gasteiger partial charge in [0.05, 0.1) is 18.1 Å². The number of allylic oxidation sites excluding steroid dienone is 1. The molecule has 2 N–H and O–H groups in total. The molecule has 1 spiro atoms. The van der Waals surface area contributed by atoms with Gasteiger partial charge in [-0.3, -0.25) is 9.69 Å². The van der Waals surface area contributed by atoms with Crippen LogP contribution in [0.5, 0.6) is 11.5 Å². The van der Waals surface area contributed by atoms with Gasteiger partial charge in [-0.15, -0.1) is 0 Å². The number of benzene rings is 1. The van der Waals surface area contributed by atoms with Crippen molar-refractivity contribution in [2.75, 3.05) is 33.6 Å². The van der Waals surface area contributed by atoms with Crippen LogP contribution in [0, 0.1) is 0 Å². The molecular weight excluding hydrogens is 558 g/mol. The number of nitrogens with zero attached hydrogens (tertiary/aromatic N) is 1. The summed E-state index contributed by atoms with van der Waals surface area (Å²) in [6.07, 6.45) is 4.41. The van der Waals surface area contributed by atoms with E-state index in [1.54, 1.807) is 40.0 Å². The molecule has 4 bridgehead atoms. The second-order valence-corrected chi connectivity index (χ2v) is 13.2. The van der Waals surface area contributed by atoms with Crippen molar-refractivity contribution in [2.24, 2.45) is 0 Å². The average molecular weight is 602 g/mol. The van der Waals surface area contributed by atoms with Crippen molar-refractivity contribution >= 4 is 11.9 Å². The molecule has 2 saturated heterocycles. The van der Waals surface area contributed by atoms with Gasteiger partial charge < -0.3 is 38.6 Å². The summed E-state index contributed by atoms with van der Waals surface area (Å²) in [5.74, 6) is -1.98. The van der Waals surface area contributed by atoms with Gasteiger partial charge in [0, 0.05) is 31.5 Å². The SMILES string of the molecule is CC=CCOC(=O)C[C@](O)(CCCC(C)(C)O)C(=O)OC1[C@H]2c3cc4c(cc3[C@@H]3CN5CCCC25C[C@@]1(OC)O3)OCO4. The van der Waals surface area contributed by atoms with Crippen molar-refractivity contribution in [3.8, 4) is 11.5 Å². The third-order valence-electron chi connectivity index (χ3n) is 9.87. The van der Waals surface area contributed by atoms with Crippen molar-refractivity contribution in [1.82, 2.24) is 4.90 Å². The number of rotatable bonds is 11. The van der Waals surface area contributed by atoms with Crippen molar-refractivity contribution < 1.29 is 48.2 Å². The monoisotopic (exact) mass is 601 g/mol. The molecule has 6 atom stereocenters. The van der Waals surface area contributed by atoms with Gasteiger partial charge in [0.1, 0.15) is 6.61 Å². The number of esters is 2. The first-order valence-electron chi connectivity index (χ1n) is 15.3. The molecule has 1 aromatic rings. The molecule has 0 radical (unpaired) electrons. The Morgan fingerprint density at radius 3 is 2.60 bits per heavy atom. The third kappa shape index (κ3) is 5.22. The second kappa shape index (κ2) is 11.0. The van der Waals surface area contributed by atoms with Crippen molar-refractivity contribution in [1.29, 1.82) is 0 Å². The van der Waals surface area contributed by atoms with Gasteiger partial charge in [-0.2, -0.15) is 0 Å². The van der Waals surface area contributed by atoms with Crippen LogP contribution >= 0.6 is 0 Å². The first kappa shape index (κ1) is 30.3. The molecule has 236 valence electrons. The van der Waals surface area contributed by atoms with Crippen LogP contribution in [0.15, 0.2) is 24.3 Å². The molecule has 0 amide bonds. The van der Waals surface area contributed by atoms with Crippen molar-refractivity contribution in [3.05, 3.63) is 35.4 Å². The summed E-state index contributed by atoms with van der Waals surface area (Å²) in [7, 11) is 1.56. The predicted octanol–water partition coefficient (Wildman–Crippen LogP) is 3.26. The summed E-state index contributed by atoms with van der Waals surface area (Å²) < 4.78 is 36.0. The Balaban J connectivity index is 1.36. The fourth-order valence-electron chi connectivity index (χ4n) is 7.90. The minimum absolute atomic E-state index is 0.0299. The number of hydrogen-bond donors (Lipinski definition) is 2. The summed E-state index contributed by atoms with van der Waals surface area (Å²) in [6, 6.07) is 3.95. The van der Waals surface area contributed by atoms with Crippen LogP contribution in [0.2, 0.25) is 0 Å². The highest BCUT2D eigenvalue weighted by Crippen LogP contribution is 2.65. The highest BCUT2D eigenvalue weighted by Gasteiger charge is 2.72. The topological polar surface area (TPSA) is 133 Å². The van der Waals surface area contributed by atoms with Crippen LogP contribution in [-0.2, 0) is 28.5 Å². The number of ether oxygens (including phenoxy) is 6. The number of carbonyl (C=O) groups excluding carboxylic acids is 2. The van der Waals surface area contributed by atoms with E-state index in [0.717, 1.165) is 30.5 Å². The molecule has 3 fully saturated rings. The minimum atomic E-state index is -2.18. The van der Waals surface area contributed by atoms with E-state index in [9.17, 15) is 19.8 Å². The van der Waals surface area contributed by atoms with Gasteiger partial charge >= 0.3 is 11.9 Å². The number of hydrogen-bond acceptors (Lipinski definition) is 11. The number of aliphatic hydroxyl groups is 2. The normalized spacial score (nSPS) is 31.9. The molecule has 7 rings (SSSR count). The van der Waals surface area contributed by atoms with Crippen LogP contribution in [0.25, 0.3) is 0 Å². The van der Waals surface area contributed by atoms with Gasteiger partial charge in [0.15, 0.2) is 23.2 Å². The smallest absolute Gasteiger partial charge is 0.339 e. The van der Waals surface area contributed by atoms with Gasteiger partial charge in [-0.25, -0.2) is 4.79 Å². The lowest BCUT2D eigenvalue weighted by Crippen LogP contribution is -2.52. The molecule has 43 heavy (non-hydrogen) atoms. The van der Waals surface area contributed by atoms with Crippen LogP contribution in [0.4, 0.5) is 0 Å². The van der Waals surface area contributed by atoms with Gasteiger partial charge in [0.25, 0.3) is 0 Å². The summed E-state index contributed by atoms with van der Waals surface area (Å²) in [5, 5.41) is 22.1. The summed E-state index contributed by atoms with van der Waals surface area (Å²) in [6.45, 7) is 6.84. The lowest BCUT2D eigenvalue weighted by molar-refractivity contribution is -0.284. The molecule has 11 heteroatoms. The van der Waals surface area contributed by atoms with Crippen LogP contribution in [0.1, 0.15) is 88.9 Å².